The van der Waals surface area contributed by atoms with E-state index in [1.807, 2.05) is 16.7 Å². The Bertz CT molecular complexity index is 737. The summed E-state index contributed by atoms with van der Waals surface area (Å²) in [7, 11) is 0. The van der Waals surface area contributed by atoms with Crippen molar-refractivity contribution >= 4 is 11.2 Å². The third-order valence-electron chi connectivity index (χ3n) is 3.40. The predicted molar refractivity (Wildman–Crippen MR) is 78.4 cm³/mol. The van der Waals surface area contributed by atoms with Gasteiger partial charge in [-0.1, -0.05) is 12.1 Å². The summed E-state index contributed by atoms with van der Waals surface area (Å²) in [6.45, 7) is 0.795. The lowest BCUT2D eigenvalue weighted by Crippen LogP contribution is -2.07. The first-order chi connectivity index (χ1) is 10.3. The van der Waals surface area contributed by atoms with Gasteiger partial charge in [0.1, 0.15) is 17.2 Å². The summed E-state index contributed by atoms with van der Waals surface area (Å²) in [5.41, 5.74) is 2.66. The molecule has 0 spiro atoms. The van der Waals surface area contributed by atoms with E-state index < -0.39 is 0 Å². The minimum Gasteiger partial charge on any atom is -0.396 e. The summed E-state index contributed by atoms with van der Waals surface area (Å²) in [6, 6.07) is 10.2. The molecule has 0 atom stereocenters. The smallest absolute Gasteiger partial charge is 0.159 e. The van der Waals surface area contributed by atoms with Crippen LogP contribution in [0.3, 0.4) is 0 Å². The molecule has 0 amide bonds. The van der Waals surface area contributed by atoms with Gasteiger partial charge in [-0.15, -0.1) is 0 Å². The van der Waals surface area contributed by atoms with Gasteiger partial charge in [0, 0.05) is 25.8 Å². The molecule has 0 bridgehead atoms. The second-order valence-electron chi connectivity index (χ2n) is 4.91. The van der Waals surface area contributed by atoms with Crippen LogP contribution in [0.25, 0.3) is 11.2 Å². The van der Waals surface area contributed by atoms with E-state index in [2.05, 4.69) is 9.97 Å². The highest BCUT2D eigenvalue weighted by Crippen LogP contribution is 2.17. The fourth-order valence-corrected chi connectivity index (χ4v) is 2.39. The molecule has 5 heteroatoms. The van der Waals surface area contributed by atoms with Gasteiger partial charge >= 0.3 is 0 Å². The van der Waals surface area contributed by atoms with Crippen molar-refractivity contribution in [3.63, 3.8) is 0 Å². The van der Waals surface area contributed by atoms with Crippen LogP contribution in [0.5, 0.6) is 0 Å². The maximum Gasteiger partial charge on any atom is 0.159 e. The summed E-state index contributed by atoms with van der Waals surface area (Å²) in [5, 5.41) is 9.05. The summed E-state index contributed by atoms with van der Waals surface area (Å²) in [4.78, 5) is 8.98. The minimum atomic E-state index is -0.241. The maximum atomic E-state index is 13.0. The normalized spacial score (nSPS) is 11.1. The number of aliphatic hydroxyl groups excluding tert-OH is 1. The van der Waals surface area contributed by atoms with Gasteiger partial charge < -0.3 is 9.67 Å². The second kappa shape index (κ2) is 6.01. The summed E-state index contributed by atoms with van der Waals surface area (Å²) in [5.74, 6) is 0.637. The van der Waals surface area contributed by atoms with Crippen LogP contribution in [0.1, 0.15) is 17.8 Å². The van der Waals surface area contributed by atoms with Crippen LogP contribution in [0.15, 0.2) is 42.6 Å². The Hall–Kier alpha value is -2.27. The van der Waals surface area contributed by atoms with E-state index in [0.717, 1.165) is 22.6 Å². The van der Waals surface area contributed by atoms with E-state index in [-0.39, 0.29) is 12.4 Å². The van der Waals surface area contributed by atoms with E-state index in [4.69, 9.17) is 5.11 Å². The Kier molecular flexibility index (Phi) is 3.92. The molecule has 4 nitrogen and oxygen atoms in total. The van der Waals surface area contributed by atoms with E-state index >= 15 is 0 Å². The Morgan fingerprint density at radius 2 is 1.95 bits per heavy atom. The van der Waals surface area contributed by atoms with Gasteiger partial charge in [0.25, 0.3) is 0 Å². The van der Waals surface area contributed by atoms with Gasteiger partial charge in [-0.3, -0.25) is 0 Å². The Morgan fingerprint density at radius 1 is 1.14 bits per heavy atom. The van der Waals surface area contributed by atoms with Crippen molar-refractivity contribution in [1.82, 2.24) is 14.5 Å². The van der Waals surface area contributed by atoms with Gasteiger partial charge in [-0.2, -0.15) is 0 Å². The van der Waals surface area contributed by atoms with Crippen LogP contribution < -0.4 is 0 Å². The Balaban J connectivity index is 1.97. The molecule has 3 rings (SSSR count). The number of nitrogens with zero attached hydrogens (tertiary/aromatic N) is 3. The highest BCUT2D eigenvalue weighted by atomic mass is 19.1. The molecule has 0 radical (unpaired) electrons. The van der Waals surface area contributed by atoms with Crippen molar-refractivity contribution < 1.29 is 9.50 Å². The van der Waals surface area contributed by atoms with Crippen molar-refractivity contribution in [2.24, 2.45) is 0 Å². The molecule has 2 heterocycles. The lowest BCUT2D eigenvalue weighted by molar-refractivity contribution is 0.280. The van der Waals surface area contributed by atoms with E-state index in [9.17, 15) is 4.39 Å². The second-order valence-corrected chi connectivity index (χ2v) is 4.91. The summed E-state index contributed by atoms with van der Waals surface area (Å²) >= 11 is 0. The molecule has 2 aromatic heterocycles. The highest BCUT2D eigenvalue weighted by molar-refractivity contribution is 5.71. The number of hydrogen-bond donors (Lipinski definition) is 1. The molecule has 3 aromatic rings. The van der Waals surface area contributed by atoms with Crippen molar-refractivity contribution in [3.8, 4) is 0 Å². The van der Waals surface area contributed by atoms with Crippen molar-refractivity contribution in [1.29, 1.82) is 0 Å². The number of aromatic nitrogens is 3. The van der Waals surface area contributed by atoms with Crippen LogP contribution in [0.2, 0.25) is 0 Å². The first-order valence-corrected chi connectivity index (χ1v) is 6.93. The molecule has 1 aromatic carbocycles. The summed E-state index contributed by atoms with van der Waals surface area (Å²) in [6.07, 6.45) is 3.00. The molecular weight excluding hydrogens is 269 g/mol. The molecular formula is C16H16FN3O. The standard InChI is InChI=1S/C16H16FN3O/c17-13-6-4-12(5-7-13)11-15-19-14-3-1-8-18-16(14)20(15)9-2-10-21/h1,3-8,21H,2,9-11H2. The van der Waals surface area contributed by atoms with Crippen molar-refractivity contribution in [2.45, 2.75) is 19.4 Å². The number of halogens is 1. The van der Waals surface area contributed by atoms with E-state index in [1.165, 1.54) is 12.1 Å². The van der Waals surface area contributed by atoms with Crippen LogP contribution in [0, 0.1) is 5.82 Å². The first kappa shape index (κ1) is 13.7. The molecule has 0 fully saturated rings. The molecule has 0 aliphatic rings. The highest BCUT2D eigenvalue weighted by Gasteiger charge is 2.11. The minimum absolute atomic E-state index is 0.127. The van der Waals surface area contributed by atoms with Gasteiger partial charge in [0.2, 0.25) is 0 Å². The molecule has 0 saturated heterocycles. The van der Waals surface area contributed by atoms with Gasteiger partial charge in [-0.05, 0) is 36.2 Å². The zero-order valence-corrected chi connectivity index (χ0v) is 11.5. The zero-order valence-electron chi connectivity index (χ0n) is 11.5. The van der Waals surface area contributed by atoms with Crippen LogP contribution in [-0.2, 0) is 13.0 Å². The van der Waals surface area contributed by atoms with Crippen molar-refractivity contribution in [2.75, 3.05) is 6.61 Å². The topological polar surface area (TPSA) is 50.9 Å². The fraction of sp³-hybridized carbons (Fsp3) is 0.250. The molecule has 0 aliphatic carbocycles. The largest absolute Gasteiger partial charge is 0.396 e. The van der Waals surface area contributed by atoms with Crippen LogP contribution in [-0.4, -0.2) is 26.2 Å². The van der Waals surface area contributed by atoms with Crippen LogP contribution >= 0.6 is 0 Å². The number of fused-ring (bicyclic) bond motifs is 1. The monoisotopic (exact) mass is 285 g/mol. The number of benzene rings is 1. The van der Waals surface area contributed by atoms with E-state index in [1.54, 1.807) is 18.3 Å². The number of rotatable bonds is 5. The quantitative estimate of drug-likeness (QED) is 0.783. The van der Waals surface area contributed by atoms with Gasteiger partial charge in [0.15, 0.2) is 5.65 Å². The Labute approximate surface area is 121 Å². The van der Waals surface area contributed by atoms with E-state index in [0.29, 0.717) is 19.4 Å². The third kappa shape index (κ3) is 2.92. The zero-order chi connectivity index (χ0) is 14.7. The lowest BCUT2D eigenvalue weighted by Gasteiger charge is -2.07. The molecule has 21 heavy (non-hydrogen) atoms. The summed E-state index contributed by atoms with van der Waals surface area (Å²) < 4.78 is 15.0. The van der Waals surface area contributed by atoms with Crippen LogP contribution in [0.4, 0.5) is 4.39 Å². The number of aliphatic hydroxyl groups is 1. The molecule has 108 valence electrons. The Morgan fingerprint density at radius 3 is 2.71 bits per heavy atom. The predicted octanol–water partition coefficient (Wildman–Crippen LogP) is 2.54. The lowest BCUT2D eigenvalue weighted by atomic mass is 10.1. The molecule has 0 aliphatic heterocycles. The number of imidazole rings is 1. The van der Waals surface area contributed by atoms with Gasteiger partial charge in [-0.25, -0.2) is 14.4 Å². The molecule has 0 saturated carbocycles. The third-order valence-corrected chi connectivity index (χ3v) is 3.40. The number of pyridine rings is 1. The average molecular weight is 285 g/mol. The fourth-order valence-electron chi connectivity index (χ4n) is 2.39. The number of aryl methyl sites for hydroxylation is 1. The van der Waals surface area contributed by atoms with Gasteiger partial charge in [0.05, 0.1) is 0 Å². The number of hydrogen-bond acceptors (Lipinski definition) is 3. The molecule has 0 unspecified atom stereocenters. The van der Waals surface area contributed by atoms with Crippen molar-refractivity contribution in [3.05, 3.63) is 59.8 Å². The first-order valence-electron chi connectivity index (χ1n) is 6.93. The maximum absolute atomic E-state index is 13.0. The SMILES string of the molecule is OCCCn1c(Cc2ccc(F)cc2)nc2cccnc21. The average Bonchev–Trinajstić information content (AvgIpc) is 2.85. The molecule has 1 N–H and O–H groups in total.